The molecule has 3 aromatic rings. The molecule has 2 amide bonds. The standard InChI is InChI=1S/C32H41N7O4/c1-31(2,3)42-29(40)37-15-8-7-11-23(20-37)35-26-17-27(39-28(36-26)25(19-34-39)22-13-14-22)38(30(41)43-32(4,5)6)24-12-9-10-21(16-24)18-33/h9-10,12,16-17,19,22-23H,7-8,11,13-15,20H2,1-6H3,(H,35,36)/t23-/m0/s1. The summed E-state index contributed by atoms with van der Waals surface area (Å²) in [6.07, 6.45) is 5.67. The maximum atomic E-state index is 13.8. The molecular formula is C32H41N7O4. The van der Waals surface area contributed by atoms with Crippen LogP contribution in [0, 0.1) is 11.3 Å². The molecule has 228 valence electrons. The van der Waals surface area contributed by atoms with Crippen molar-refractivity contribution < 1.29 is 19.1 Å². The van der Waals surface area contributed by atoms with E-state index in [2.05, 4.69) is 16.5 Å². The number of carbonyl (C=O) groups is 2. The zero-order chi connectivity index (χ0) is 30.9. The van der Waals surface area contributed by atoms with Crippen LogP contribution in [0.1, 0.15) is 90.7 Å². The highest BCUT2D eigenvalue weighted by Crippen LogP contribution is 2.43. The van der Waals surface area contributed by atoms with Gasteiger partial charge in [0, 0.05) is 30.8 Å². The number of aromatic nitrogens is 3. The molecule has 2 fully saturated rings. The molecule has 1 aliphatic carbocycles. The number of fused-ring (bicyclic) bond motifs is 1. The lowest BCUT2D eigenvalue weighted by Crippen LogP contribution is -2.42. The summed E-state index contributed by atoms with van der Waals surface area (Å²) in [4.78, 5) is 34.9. The van der Waals surface area contributed by atoms with E-state index in [0.29, 0.717) is 47.5 Å². The first-order chi connectivity index (χ1) is 20.3. The highest BCUT2D eigenvalue weighted by Gasteiger charge is 2.33. The van der Waals surface area contributed by atoms with Crippen molar-refractivity contribution >= 4 is 35.2 Å². The summed E-state index contributed by atoms with van der Waals surface area (Å²) in [5.74, 6) is 1.36. The Kier molecular flexibility index (Phi) is 8.23. The van der Waals surface area contributed by atoms with E-state index < -0.39 is 17.3 Å². The molecule has 1 atom stereocenters. The predicted octanol–water partition coefficient (Wildman–Crippen LogP) is 6.75. The average molecular weight is 588 g/mol. The highest BCUT2D eigenvalue weighted by atomic mass is 16.6. The maximum absolute atomic E-state index is 13.8. The van der Waals surface area contributed by atoms with Crippen LogP contribution in [0.25, 0.3) is 5.65 Å². The molecule has 1 aromatic carbocycles. The lowest BCUT2D eigenvalue weighted by molar-refractivity contribution is 0.0252. The second-order valence-corrected chi connectivity index (χ2v) is 13.4. The molecule has 0 spiro atoms. The van der Waals surface area contributed by atoms with Gasteiger partial charge in [0.25, 0.3) is 0 Å². The van der Waals surface area contributed by atoms with E-state index in [9.17, 15) is 14.9 Å². The predicted molar refractivity (Wildman–Crippen MR) is 164 cm³/mol. The Morgan fingerprint density at radius 2 is 1.79 bits per heavy atom. The number of rotatable bonds is 5. The van der Waals surface area contributed by atoms with E-state index in [1.54, 1.807) is 39.7 Å². The first-order valence-corrected chi connectivity index (χ1v) is 15.0. The summed E-state index contributed by atoms with van der Waals surface area (Å²) in [6.45, 7) is 12.1. The Bertz CT molecular complexity index is 1540. The molecule has 5 rings (SSSR count). The Balaban J connectivity index is 1.56. The Hall–Kier alpha value is -4.33. The summed E-state index contributed by atoms with van der Waals surface area (Å²) >= 11 is 0. The van der Waals surface area contributed by atoms with Gasteiger partial charge in [-0.25, -0.2) is 19.5 Å². The second-order valence-electron chi connectivity index (χ2n) is 13.4. The number of hydrogen-bond acceptors (Lipinski definition) is 8. The van der Waals surface area contributed by atoms with Crippen LogP contribution in [0.3, 0.4) is 0 Å². The van der Waals surface area contributed by atoms with Crippen LogP contribution in [-0.2, 0) is 9.47 Å². The van der Waals surface area contributed by atoms with Gasteiger partial charge in [-0.1, -0.05) is 6.07 Å². The molecule has 2 aliphatic rings. The van der Waals surface area contributed by atoms with Gasteiger partial charge in [-0.15, -0.1) is 0 Å². The topological polar surface area (TPSA) is 125 Å². The van der Waals surface area contributed by atoms with Crippen LogP contribution in [-0.4, -0.2) is 62.0 Å². The number of anilines is 3. The fourth-order valence-corrected chi connectivity index (χ4v) is 5.19. The summed E-state index contributed by atoms with van der Waals surface area (Å²) in [6, 6.07) is 10.7. The number of likely N-dealkylation sites (tertiary alicyclic amines) is 1. The lowest BCUT2D eigenvalue weighted by Gasteiger charge is -2.29. The highest BCUT2D eigenvalue weighted by molar-refractivity contribution is 5.96. The molecule has 43 heavy (non-hydrogen) atoms. The van der Waals surface area contributed by atoms with Crippen molar-refractivity contribution in [2.75, 3.05) is 23.3 Å². The molecule has 1 saturated heterocycles. The zero-order valence-electron chi connectivity index (χ0n) is 25.9. The quantitative estimate of drug-likeness (QED) is 0.347. The number of amides is 2. The number of benzene rings is 1. The van der Waals surface area contributed by atoms with E-state index in [0.717, 1.165) is 37.7 Å². The number of hydrogen-bond donors (Lipinski definition) is 1. The third kappa shape index (κ3) is 7.37. The van der Waals surface area contributed by atoms with Crippen LogP contribution in [0.2, 0.25) is 0 Å². The molecule has 0 unspecified atom stereocenters. The lowest BCUT2D eigenvalue weighted by atomic mass is 10.1. The number of carbonyl (C=O) groups excluding carboxylic acids is 2. The summed E-state index contributed by atoms with van der Waals surface area (Å²) < 4.78 is 13.2. The minimum absolute atomic E-state index is 0.0815. The van der Waals surface area contributed by atoms with Crippen molar-refractivity contribution in [1.29, 1.82) is 5.26 Å². The van der Waals surface area contributed by atoms with Gasteiger partial charge in [0.05, 0.1) is 23.5 Å². The van der Waals surface area contributed by atoms with Gasteiger partial charge in [0.15, 0.2) is 5.65 Å². The SMILES string of the molecule is CC(C)(C)OC(=O)N1CCCC[C@H](Nc2cc(N(C(=O)OC(C)(C)C)c3cccc(C#N)c3)n3ncc(C4CC4)c3n2)C1. The van der Waals surface area contributed by atoms with E-state index in [-0.39, 0.29) is 12.1 Å². The molecule has 11 nitrogen and oxygen atoms in total. The minimum Gasteiger partial charge on any atom is -0.444 e. The molecule has 0 bridgehead atoms. The number of nitrogens with one attached hydrogen (secondary N) is 1. The van der Waals surface area contributed by atoms with Gasteiger partial charge in [0.1, 0.15) is 22.8 Å². The van der Waals surface area contributed by atoms with Crippen LogP contribution in [0.5, 0.6) is 0 Å². The minimum atomic E-state index is -0.760. The van der Waals surface area contributed by atoms with Gasteiger partial charge in [-0.2, -0.15) is 14.9 Å². The molecule has 11 heteroatoms. The van der Waals surface area contributed by atoms with Gasteiger partial charge < -0.3 is 19.7 Å². The molecule has 0 radical (unpaired) electrons. The van der Waals surface area contributed by atoms with Crippen LogP contribution in [0.15, 0.2) is 36.5 Å². The van der Waals surface area contributed by atoms with Crippen LogP contribution < -0.4 is 10.2 Å². The van der Waals surface area contributed by atoms with Crippen LogP contribution in [0.4, 0.5) is 26.9 Å². The van der Waals surface area contributed by atoms with Gasteiger partial charge >= 0.3 is 12.2 Å². The molecule has 3 heterocycles. The van der Waals surface area contributed by atoms with Crippen molar-refractivity contribution in [1.82, 2.24) is 19.5 Å². The summed E-state index contributed by atoms with van der Waals surface area (Å²) in [5, 5.41) is 17.8. The Labute approximate surface area is 252 Å². The van der Waals surface area contributed by atoms with Gasteiger partial charge in [-0.3, -0.25) is 0 Å². The Morgan fingerprint density at radius 3 is 2.47 bits per heavy atom. The van der Waals surface area contributed by atoms with Crippen molar-refractivity contribution in [3.05, 3.63) is 47.7 Å². The first kappa shape index (κ1) is 30.1. The van der Waals surface area contributed by atoms with Crippen molar-refractivity contribution in [3.63, 3.8) is 0 Å². The van der Waals surface area contributed by atoms with Crippen molar-refractivity contribution in [3.8, 4) is 6.07 Å². The molecule has 1 N–H and O–H groups in total. The third-order valence-electron chi connectivity index (χ3n) is 7.21. The number of nitrogens with zero attached hydrogens (tertiary/aromatic N) is 6. The maximum Gasteiger partial charge on any atom is 0.420 e. The average Bonchev–Trinajstić information content (AvgIpc) is 3.70. The molecular weight excluding hydrogens is 546 g/mol. The summed E-state index contributed by atoms with van der Waals surface area (Å²) in [7, 11) is 0. The Morgan fingerprint density at radius 1 is 1.05 bits per heavy atom. The molecule has 2 aromatic heterocycles. The normalized spacial score (nSPS) is 17.6. The third-order valence-corrected chi connectivity index (χ3v) is 7.21. The van der Waals surface area contributed by atoms with Crippen molar-refractivity contribution in [2.45, 2.75) is 96.8 Å². The fourth-order valence-electron chi connectivity index (χ4n) is 5.19. The molecule has 1 saturated carbocycles. The first-order valence-electron chi connectivity index (χ1n) is 15.0. The van der Waals surface area contributed by atoms with Crippen LogP contribution >= 0.6 is 0 Å². The number of ether oxygens (including phenoxy) is 2. The monoisotopic (exact) mass is 587 g/mol. The second kappa shape index (κ2) is 11.7. The fraction of sp³-hybridized carbons (Fsp3) is 0.531. The molecule has 1 aliphatic heterocycles. The van der Waals surface area contributed by atoms with E-state index >= 15 is 0 Å². The zero-order valence-corrected chi connectivity index (χ0v) is 25.9. The van der Waals surface area contributed by atoms with E-state index in [1.165, 1.54) is 4.90 Å². The van der Waals surface area contributed by atoms with E-state index in [4.69, 9.17) is 14.5 Å². The smallest absolute Gasteiger partial charge is 0.420 e. The van der Waals surface area contributed by atoms with Gasteiger partial charge in [0.2, 0.25) is 0 Å². The largest absolute Gasteiger partial charge is 0.444 e. The number of nitriles is 1. The van der Waals surface area contributed by atoms with Crippen molar-refractivity contribution in [2.24, 2.45) is 0 Å². The van der Waals surface area contributed by atoms with Gasteiger partial charge in [-0.05, 0) is 97.8 Å². The van der Waals surface area contributed by atoms with E-state index in [1.807, 2.05) is 47.7 Å². The summed E-state index contributed by atoms with van der Waals surface area (Å²) in [5.41, 5.74) is 1.23.